The predicted octanol–water partition coefficient (Wildman–Crippen LogP) is 0.917. The Morgan fingerprint density at radius 1 is 1.29 bits per heavy atom. The van der Waals surface area contributed by atoms with Gasteiger partial charge in [0, 0.05) is 18.8 Å². The summed E-state index contributed by atoms with van der Waals surface area (Å²) >= 11 is 0. The van der Waals surface area contributed by atoms with Gasteiger partial charge >= 0.3 is 0 Å². The Hall–Kier alpha value is -0.910. The SMILES string of the molecule is CC(N)CCNCc1ccc(S(C)(=O)=O)cc1. The number of sulfone groups is 1. The number of benzene rings is 1. The van der Waals surface area contributed by atoms with E-state index in [1.54, 1.807) is 12.1 Å². The third-order valence-electron chi connectivity index (χ3n) is 2.46. The molecule has 1 atom stereocenters. The molecule has 0 bridgehead atoms. The summed E-state index contributed by atoms with van der Waals surface area (Å²) in [5, 5.41) is 3.26. The quantitative estimate of drug-likeness (QED) is 0.742. The molecule has 96 valence electrons. The number of hydrogen-bond acceptors (Lipinski definition) is 4. The van der Waals surface area contributed by atoms with Crippen molar-refractivity contribution in [2.75, 3.05) is 12.8 Å². The van der Waals surface area contributed by atoms with Crippen molar-refractivity contribution in [1.82, 2.24) is 5.32 Å². The molecule has 0 spiro atoms. The first-order chi connectivity index (χ1) is 7.89. The first-order valence-electron chi connectivity index (χ1n) is 5.65. The van der Waals surface area contributed by atoms with E-state index in [4.69, 9.17) is 5.73 Å². The highest BCUT2D eigenvalue weighted by molar-refractivity contribution is 7.90. The zero-order valence-electron chi connectivity index (χ0n) is 10.3. The van der Waals surface area contributed by atoms with Crippen molar-refractivity contribution in [3.05, 3.63) is 29.8 Å². The summed E-state index contributed by atoms with van der Waals surface area (Å²) < 4.78 is 22.5. The standard InChI is InChI=1S/C12H20N2O2S/c1-10(13)7-8-14-9-11-3-5-12(6-4-11)17(2,15)16/h3-6,10,14H,7-9,13H2,1-2H3. The van der Waals surface area contributed by atoms with Crippen molar-refractivity contribution < 1.29 is 8.42 Å². The van der Waals surface area contributed by atoms with E-state index in [-0.39, 0.29) is 6.04 Å². The van der Waals surface area contributed by atoms with E-state index < -0.39 is 9.84 Å². The minimum Gasteiger partial charge on any atom is -0.328 e. The third kappa shape index (κ3) is 5.30. The van der Waals surface area contributed by atoms with Crippen LogP contribution in [0.5, 0.6) is 0 Å². The van der Waals surface area contributed by atoms with Crippen molar-refractivity contribution in [1.29, 1.82) is 0 Å². The molecule has 0 heterocycles. The molecule has 3 N–H and O–H groups in total. The molecule has 0 aliphatic heterocycles. The van der Waals surface area contributed by atoms with Crippen LogP contribution in [0.1, 0.15) is 18.9 Å². The van der Waals surface area contributed by atoms with Crippen molar-refractivity contribution >= 4 is 9.84 Å². The van der Waals surface area contributed by atoms with Gasteiger partial charge in [0.15, 0.2) is 9.84 Å². The van der Waals surface area contributed by atoms with Gasteiger partial charge in [-0.15, -0.1) is 0 Å². The maximum Gasteiger partial charge on any atom is 0.175 e. The summed E-state index contributed by atoms with van der Waals surface area (Å²) in [4.78, 5) is 0.358. The van der Waals surface area contributed by atoms with Crippen LogP contribution in [-0.2, 0) is 16.4 Å². The van der Waals surface area contributed by atoms with E-state index >= 15 is 0 Å². The van der Waals surface area contributed by atoms with Gasteiger partial charge in [0.2, 0.25) is 0 Å². The van der Waals surface area contributed by atoms with Crippen LogP contribution in [0.15, 0.2) is 29.2 Å². The monoisotopic (exact) mass is 256 g/mol. The van der Waals surface area contributed by atoms with E-state index in [2.05, 4.69) is 5.32 Å². The highest BCUT2D eigenvalue weighted by Gasteiger charge is 2.05. The van der Waals surface area contributed by atoms with Crippen LogP contribution in [0.25, 0.3) is 0 Å². The van der Waals surface area contributed by atoms with Crippen LogP contribution in [0.3, 0.4) is 0 Å². The fraction of sp³-hybridized carbons (Fsp3) is 0.500. The van der Waals surface area contributed by atoms with Gasteiger partial charge in [-0.25, -0.2) is 8.42 Å². The molecule has 5 heteroatoms. The molecule has 17 heavy (non-hydrogen) atoms. The van der Waals surface area contributed by atoms with Crippen molar-refractivity contribution in [2.24, 2.45) is 5.73 Å². The second kappa shape index (κ2) is 6.14. The lowest BCUT2D eigenvalue weighted by atomic mass is 10.2. The molecule has 0 aromatic heterocycles. The molecule has 4 nitrogen and oxygen atoms in total. The van der Waals surface area contributed by atoms with Crippen LogP contribution in [0.2, 0.25) is 0 Å². The van der Waals surface area contributed by atoms with Gasteiger partial charge in [-0.05, 0) is 37.6 Å². The molecule has 1 unspecified atom stereocenters. The number of nitrogens with two attached hydrogens (primary N) is 1. The minimum atomic E-state index is -3.09. The second-order valence-electron chi connectivity index (χ2n) is 4.36. The van der Waals surface area contributed by atoms with E-state index in [0.29, 0.717) is 4.90 Å². The van der Waals surface area contributed by atoms with Crippen LogP contribution in [0.4, 0.5) is 0 Å². The summed E-state index contributed by atoms with van der Waals surface area (Å²) in [5.74, 6) is 0. The maximum absolute atomic E-state index is 11.2. The van der Waals surface area contributed by atoms with E-state index in [1.807, 2.05) is 19.1 Å². The minimum absolute atomic E-state index is 0.204. The fourth-order valence-corrected chi connectivity index (χ4v) is 2.05. The van der Waals surface area contributed by atoms with Gasteiger partial charge in [0.1, 0.15) is 0 Å². The lowest BCUT2D eigenvalue weighted by Crippen LogP contribution is -2.23. The van der Waals surface area contributed by atoms with Gasteiger partial charge < -0.3 is 11.1 Å². The number of nitrogens with one attached hydrogen (secondary N) is 1. The van der Waals surface area contributed by atoms with E-state index in [1.165, 1.54) is 6.26 Å². The molecule has 1 aromatic rings. The Morgan fingerprint density at radius 3 is 2.35 bits per heavy atom. The molecular weight excluding hydrogens is 236 g/mol. The smallest absolute Gasteiger partial charge is 0.175 e. The molecular formula is C12H20N2O2S. The Kier molecular flexibility index (Phi) is 5.11. The molecule has 0 saturated heterocycles. The Morgan fingerprint density at radius 2 is 1.88 bits per heavy atom. The van der Waals surface area contributed by atoms with Gasteiger partial charge in [-0.2, -0.15) is 0 Å². The van der Waals surface area contributed by atoms with Crippen LogP contribution in [0, 0.1) is 0 Å². The Bertz CT molecular complexity index is 438. The van der Waals surface area contributed by atoms with Gasteiger partial charge in [0.25, 0.3) is 0 Å². The lowest BCUT2D eigenvalue weighted by Gasteiger charge is -2.07. The molecule has 1 aromatic carbocycles. The summed E-state index contributed by atoms with van der Waals surface area (Å²) in [6.45, 7) is 3.57. The van der Waals surface area contributed by atoms with Crippen LogP contribution >= 0.6 is 0 Å². The average Bonchev–Trinajstić information content (AvgIpc) is 2.23. The summed E-state index contributed by atoms with van der Waals surface area (Å²) in [6, 6.07) is 7.13. The highest BCUT2D eigenvalue weighted by Crippen LogP contribution is 2.10. The molecule has 0 fully saturated rings. The second-order valence-corrected chi connectivity index (χ2v) is 6.37. The summed E-state index contributed by atoms with van der Waals surface area (Å²) in [6.07, 6.45) is 2.14. The number of rotatable bonds is 6. The third-order valence-corrected chi connectivity index (χ3v) is 3.59. The summed E-state index contributed by atoms with van der Waals surface area (Å²) in [7, 11) is -3.09. The topological polar surface area (TPSA) is 72.2 Å². The van der Waals surface area contributed by atoms with Crippen LogP contribution < -0.4 is 11.1 Å². The zero-order valence-corrected chi connectivity index (χ0v) is 11.1. The summed E-state index contributed by atoms with van der Waals surface area (Å²) in [5.41, 5.74) is 6.70. The molecule has 1 rings (SSSR count). The Labute approximate surface area is 103 Å². The first kappa shape index (κ1) is 14.2. The van der Waals surface area contributed by atoms with Crippen molar-refractivity contribution in [3.63, 3.8) is 0 Å². The van der Waals surface area contributed by atoms with Crippen molar-refractivity contribution in [3.8, 4) is 0 Å². The first-order valence-corrected chi connectivity index (χ1v) is 7.54. The largest absolute Gasteiger partial charge is 0.328 e. The highest BCUT2D eigenvalue weighted by atomic mass is 32.2. The maximum atomic E-state index is 11.2. The fourth-order valence-electron chi connectivity index (χ4n) is 1.42. The zero-order chi connectivity index (χ0) is 12.9. The van der Waals surface area contributed by atoms with Gasteiger partial charge in [-0.1, -0.05) is 12.1 Å². The normalized spacial score (nSPS) is 13.6. The average molecular weight is 256 g/mol. The Balaban J connectivity index is 2.46. The van der Waals surface area contributed by atoms with E-state index in [0.717, 1.165) is 25.1 Å². The molecule has 0 amide bonds. The molecule has 0 radical (unpaired) electrons. The number of hydrogen-bond donors (Lipinski definition) is 2. The molecule has 0 aliphatic carbocycles. The van der Waals surface area contributed by atoms with Crippen LogP contribution in [-0.4, -0.2) is 27.3 Å². The predicted molar refractivity (Wildman–Crippen MR) is 69.5 cm³/mol. The molecule has 0 saturated carbocycles. The van der Waals surface area contributed by atoms with Crippen molar-refractivity contribution in [2.45, 2.75) is 30.8 Å². The molecule has 0 aliphatic rings. The van der Waals surface area contributed by atoms with Gasteiger partial charge in [0.05, 0.1) is 4.90 Å². The van der Waals surface area contributed by atoms with Gasteiger partial charge in [-0.3, -0.25) is 0 Å². The lowest BCUT2D eigenvalue weighted by molar-refractivity contribution is 0.588. The van der Waals surface area contributed by atoms with E-state index in [9.17, 15) is 8.42 Å².